The molecule has 0 radical (unpaired) electrons. The zero-order valence-electron chi connectivity index (χ0n) is 16.9. The van der Waals surface area contributed by atoms with Crippen LogP contribution < -0.4 is 10.2 Å². The van der Waals surface area contributed by atoms with Crippen LogP contribution in [-0.2, 0) is 4.79 Å². The summed E-state index contributed by atoms with van der Waals surface area (Å²) in [5, 5.41) is 12.5. The monoisotopic (exact) mass is 402 g/mol. The van der Waals surface area contributed by atoms with Gasteiger partial charge >= 0.3 is 0 Å². The van der Waals surface area contributed by atoms with Crippen molar-refractivity contribution in [1.82, 2.24) is 10.2 Å². The first-order chi connectivity index (χ1) is 13.1. The van der Waals surface area contributed by atoms with Crippen molar-refractivity contribution in [3.05, 3.63) is 41.1 Å². The van der Waals surface area contributed by atoms with Crippen molar-refractivity contribution in [3.63, 3.8) is 0 Å². The van der Waals surface area contributed by atoms with Gasteiger partial charge in [0.1, 0.15) is 11.6 Å². The fraction of sp³-hybridized carbons (Fsp3) is 0.545. The molecular formula is C22H31ClN4O. The summed E-state index contributed by atoms with van der Waals surface area (Å²) in [5.41, 5.74) is 4.14. The van der Waals surface area contributed by atoms with Gasteiger partial charge in [-0.1, -0.05) is 31.4 Å². The number of nitriles is 1. The highest BCUT2D eigenvalue weighted by Gasteiger charge is 2.21. The van der Waals surface area contributed by atoms with Gasteiger partial charge in [-0.05, 0) is 43.9 Å². The van der Waals surface area contributed by atoms with Gasteiger partial charge in [0.05, 0.1) is 0 Å². The summed E-state index contributed by atoms with van der Waals surface area (Å²) in [6, 6.07) is 8.74. The number of carbonyl (C=O) groups is 1. The summed E-state index contributed by atoms with van der Waals surface area (Å²) >= 11 is 0. The standard InChI is InChI=1S/C22H30N4O.ClH/c1-17-7-6-10-21(18(17)2)26-13-11-25(12-14-26)16-19(15-23)22(27)24-20-8-4-3-5-9-20;/h6-7,10,16,20H,3-5,8-9,11-14H2,1-2H3,(H,24,27);1H/b19-16-;. The van der Waals surface area contributed by atoms with Crippen molar-refractivity contribution in [1.29, 1.82) is 5.26 Å². The van der Waals surface area contributed by atoms with E-state index in [1.54, 1.807) is 6.20 Å². The van der Waals surface area contributed by atoms with Gasteiger partial charge in [0.2, 0.25) is 0 Å². The molecule has 0 aromatic heterocycles. The summed E-state index contributed by atoms with van der Waals surface area (Å²) < 4.78 is 0. The Morgan fingerprint density at radius 2 is 1.82 bits per heavy atom. The van der Waals surface area contributed by atoms with Crippen LogP contribution >= 0.6 is 12.4 Å². The maximum atomic E-state index is 12.4. The van der Waals surface area contributed by atoms with E-state index in [1.807, 2.05) is 0 Å². The minimum atomic E-state index is -0.221. The number of amides is 1. The van der Waals surface area contributed by atoms with E-state index < -0.39 is 0 Å². The molecule has 28 heavy (non-hydrogen) atoms. The predicted octanol–water partition coefficient (Wildman–Crippen LogP) is 3.70. The molecule has 2 fully saturated rings. The highest BCUT2D eigenvalue weighted by atomic mass is 35.5. The van der Waals surface area contributed by atoms with Crippen LogP contribution in [0.15, 0.2) is 30.0 Å². The van der Waals surface area contributed by atoms with Gasteiger partial charge in [-0.2, -0.15) is 5.26 Å². The van der Waals surface area contributed by atoms with E-state index in [2.05, 4.69) is 53.2 Å². The van der Waals surface area contributed by atoms with E-state index in [0.29, 0.717) is 0 Å². The summed E-state index contributed by atoms with van der Waals surface area (Å²) in [7, 11) is 0. The van der Waals surface area contributed by atoms with Crippen LogP contribution in [-0.4, -0.2) is 43.0 Å². The maximum absolute atomic E-state index is 12.4. The molecule has 5 nitrogen and oxygen atoms in total. The van der Waals surface area contributed by atoms with Gasteiger partial charge in [-0.15, -0.1) is 12.4 Å². The molecule has 0 unspecified atom stereocenters. The number of nitrogens with one attached hydrogen (secondary N) is 1. The lowest BCUT2D eigenvalue weighted by molar-refractivity contribution is -0.118. The van der Waals surface area contributed by atoms with E-state index in [0.717, 1.165) is 51.9 Å². The third-order valence-electron chi connectivity index (χ3n) is 5.85. The van der Waals surface area contributed by atoms with Crippen LogP contribution in [0.2, 0.25) is 0 Å². The molecule has 6 heteroatoms. The normalized spacial score (nSPS) is 18.2. The van der Waals surface area contributed by atoms with Crippen LogP contribution in [0.25, 0.3) is 0 Å². The summed E-state index contributed by atoms with van der Waals surface area (Å²) in [5.74, 6) is -0.221. The fourth-order valence-electron chi connectivity index (χ4n) is 4.00. The molecule has 0 bridgehead atoms. The second-order valence-electron chi connectivity index (χ2n) is 7.71. The Labute approximate surface area is 174 Å². The van der Waals surface area contributed by atoms with Crippen LogP contribution in [0, 0.1) is 25.2 Å². The minimum absolute atomic E-state index is 0. The van der Waals surface area contributed by atoms with Gasteiger partial charge < -0.3 is 15.1 Å². The number of nitrogens with zero attached hydrogens (tertiary/aromatic N) is 3. The lowest BCUT2D eigenvalue weighted by atomic mass is 9.95. The second kappa shape index (κ2) is 10.4. The van der Waals surface area contributed by atoms with Crippen molar-refractivity contribution < 1.29 is 4.79 Å². The van der Waals surface area contributed by atoms with Crippen molar-refractivity contribution in [2.75, 3.05) is 31.1 Å². The van der Waals surface area contributed by atoms with Crippen LogP contribution in [0.1, 0.15) is 43.2 Å². The molecule has 1 aromatic rings. The number of benzene rings is 1. The Morgan fingerprint density at radius 1 is 1.14 bits per heavy atom. The number of hydrogen-bond donors (Lipinski definition) is 1. The van der Waals surface area contributed by atoms with E-state index in [4.69, 9.17) is 0 Å². The summed E-state index contributed by atoms with van der Waals surface area (Å²) in [6.45, 7) is 7.72. The van der Waals surface area contributed by atoms with Gasteiger partial charge in [0, 0.05) is 44.1 Å². The number of rotatable bonds is 4. The average molecular weight is 403 g/mol. The Kier molecular flexibility index (Phi) is 8.19. The number of halogens is 1. The van der Waals surface area contributed by atoms with Crippen molar-refractivity contribution in [3.8, 4) is 6.07 Å². The molecular weight excluding hydrogens is 372 g/mol. The molecule has 0 spiro atoms. The number of carbonyl (C=O) groups excluding carboxylic acids is 1. The molecule has 1 aliphatic heterocycles. The fourth-order valence-corrected chi connectivity index (χ4v) is 4.00. The van der Waals surface area contributed by atoms with E-state index in [1.165, 1.54) is 23.2 Å². The topological polar surface area (TPSA) is 59.4 Å². The van der Waals surface area contributed by atoms with Crippen LogP contribution in [0.5, 0.6) is 0 Å². The smallest absolute Gasteiger partial charge is 0.263 e. The summed E-state index contributed by atoms with van der Waals surface area (Å²) in [6.07, 6.45) is 7.38. The van der Waals surface area contributed by atoms with Crippen molar-refractivity contribution >= 4 is 24.0 Å². The Hall–Kier alpha value is -2.19. The first-order valence-corrected chi connectivity index (χ1v) is 10.1. The molecule has 1 aliphatic carbocycles. The van der Waals surface area contributed by atoms with Gasteiger partial charge in [-0.3, -0.25) is 4.79 Å². The highest BCUT2D eigenvalue weighted by molar-refractivity contribution is 5.97. The molecule has 1 saturated heterocycles. The number of aryl methyl sites for hydroxylation is 1. The van der Waals surface area contributed by atoms with Crippen LogP contribution in [0.4, 0.5) is 5.69 Å². The molecule has 1 amide bonds. The second-order valence-corrected chi connectivity index (χ2v) is 7.71. The van der Waals surface area contributed by atoms with Gasteiger partial charge in [0.25, 0.3) is 5.91 Å². The van der Waals surface area contributed by atoms with E-state index in [-0.39, 0.29) is 29.9 Å². The first-order valence-electron chi connectivity index (χ1n) is 10.1. The molecule has 1 saturated carbocycles. The third-order valence-corrected chi connectivity index (χ3v) is 5.85. The minimum Gasteiger partial charge on any atom is -0.373 e. The zero-order chi connectivity index (χ0) is 19.2. The maximum Gasteiger partial charge on any atom is 0.263 e. The summed E-state index contributed by atoms with van der Waals surface area (Å²) in [4.78, 5) is 16.9. The van der Waals surface area contributed by atoms with E-state index >= 15 is 0 Å². The molecule has 2 aliphatic rings. The Balaban J connectivity index is 0.00000280. The first kappa shape index (κ1) is 22.1. The quantitative estimate of drug-likeness (QED) is 0.616. The Morgan fingerprint density at radius 3 is 2.46 bits per heavy atom. The lowest BCUT2D eigenvalue weighted by Crippen LogP contribution is -2.45. The lowest BCUT2D eigenvalue weighted by Gasteiger charge is -2.36. The number of piperazine rings is 1. The number of anilines is 1. The largest absolute Gasteiger partial charge is 0.373 e. The van der Waals surface area contributed by atoms with Crippen molar-refractivity contribution in [2.24, 2.45) is 0 Å². The molecule has 3 rings (SSSR count). The molecule has 1 aromatic carbocycles. The molecule has 152 valence electrons. The zero-order valence-corrected chi connectivity index (χ0v) is 17.7. The molecule has 1 N–H and O–H groups in total. The van der Waals surface area contributed by atoms with Gasteiger partial charge in [-0.25, -0.2) is 0 Å². The number of hydrogen-bond acceptors (Lipinski definition) is 4. The molecule has 0 atom stereocenters. The average Bonchev–Trinajstić information content (AvgIpc) is 2.69. The molecule has 1 heterocycles. The predicted molar refractivity (Wildman–Crippen MR) is 116 cm³/mol. The van der Waals surface area contributed by atoms with Crippen LogP contribution in [0.3, 0.4) is 0 Å². The highest BCUT2D eigenvalue weighted by Crippen LogP contribution is 2.24. The Bertz CT molecular complexity index is 741. The van der Waals surface area contributed by atoms with E-state index in [9.17, 15) is 10.1 Å². The van der Waals surface area contributed by atoms with Crippen molar-refractivity contribution in [2.45, 2.75) is 52.0 Å². The van der Waals surface area contributed by atoms with Gasteiger partial charge in [0.15, 0.2) is 0 Å². The third kappa shape index (κ3) is 5.42. The SMILES string of the molecule is Cc1cccc(N2CCN(/C=C(/C#N)C(=O)NC3CCCCC3)CC2)c1C.Cl.